The van der Waals surface area contributed by atoms with Crippen molar-refractivity contribution in [2.75, 3.05) is 26.4 Å². The minimum atomic E-state index is -0.0844. The quantitative estimate of drug-likeness (QED) is 0.874. The molecule has 1 fully saturated rings. The van der Waals surface area contributed by atoms with Crippen LogP contribution in [0.1, 0.15) is 5.56 Å². The van der Waals surface area contributed by atoms with Gasteiger partial charge in [0.25, 0.3) is 0 Å². The summed E-state index contributed by atoms with van der Waals surface area (Å²) in [6, 6.07) is 5.74. The lowest BCUT2D eigenvalue weighted by Gasteiger charge is -2.40. The number of hydrogen-bond acceptors (Lipinski definition) is 3. The van der Waals surface area contributed by atoms with E-state index in [1.807, 2.05) is 18.2 Å². The Morgan fingerprint density at radius 2 is 2.24 bits per heavy atom. The maximum Gasteiger partial charge on any atom is 0.0579 e. The zero-order valence-corrected chi connectivity index (χ0v) is 11.7. The van der Waals surface area contributed by atoms with Crippen LogP contribution in [0.15, 0.2) is 22.7 Å². The number of nitrogens with one attached hydrogen (secondary N) is 1. The summed E-state index contributed by atoms with van der Waals surface area (Å²) in [5, 5.41) is 13.3. The Morgan fingerprint density at radius 3 is 2.76 bits per heavy atom. The Kier molecular flexibility index (Phi) is 4.44. The van der Waals surface area contributed by atoms with E-state index in [2.05, 4.69) is 21.2 Å². The van der Waals surface area contributed by atoms with Gasteiger partial charge in [0.1, 0.15) is 0 Å². The van der Waals surface area contributed by atoms with E-state index in [4.69, 9.17) is 16.3 Å². The summed E-state index contributed by atoms with van der Waals surface area (Å²) >= 11 is 9.35. The van der Waals surface area contributed by atoms with Crippen molar-refractivity contribution in [3.8, 4) is 0 Å². The fourth-order valence-electron chi connectivity index (χ4n) is 1.77. The summed E-state index contributed by atoms with van der Waals surface area (Å²) in [5.41, 5.74) is 1.07. The summed E-state index contributed by atoms with van der Waals surface area (Å²) < 4.78 is 6.15. The number of hydrogen-bond donors (Lipinski definition) is 2. The highest BCUT2D eigenvalue weighted by Crippen LogP contribution is 2.26. The average molecular weight is 321 g/mol. The first-order chi connectivity index (χ1) is 8.15. The zero-order chi connectivity index (χ0) is 12.3. The van der Waals surface area contributed by atoms with Crippen LogP contribution in [0, 0.1) is 5.41 Å². The normalized spacial score (nSPS) is 17.8. The number of ether oxygens (including phenoxy) is 1. The molecule has 0 saturated carbocycles. The monoisotopic (exact) mass is 319 g/mol. The van der Waals surface area contributed by atoms with Gasteiger partial charge in [0, 0.05) is 22.6 Å². The van der Waals surface area contributed by atoms with Crippen LogP contribution in [0.3, 0.4) is 0 Å². The number of benzene rings is 1. The summed E-state index contributed by atoms with van der Waals surface area (Å²) in [5.74, 6) is 0. The first-order valence-corrected chi connectivity index (χ1v) is 6.66. The van der Waals surface area contributed by atoms with E-state index in [1.165, 1.54) is 0 Å². The molecule has 0 amide bonds. The molecule has 0 unspecified atom stereocenters. The first-order valence-electron chi connectivity index (χ1n) is 5.48. The predicted molar refractivity (Wildman–Crippen MR) is 71.2 cm³/mol. The van der Waals surface area contributed by atoms with Gasteiger partial charge in [-0.1, -0.05) is 33.6 Å². The van der Waals surface area contributed by atoms with Crippen molar-refractivity contribution in [1.29, 1.82) is 0 Å². The molecule has 3 nitrogen and oxygen atoms in total. The molecule has 0 aliphatic carbocycles. The molecule has 1 aromatic carbocycles. The second-order valence-corrected chi connectivity index (χ2v) is 5.78. The Bertz CT molecular complexity index is 391. The molecule has 2 rings (SSSR count). The molecule has 0 bridgehead atoms. The SMILES string of the molecule is OCC1(CNCc2ccc(Cl)cc2Br)COC1. The van der Waals surface area contributed by atoms with Crippen LogP contribution in [0.5, 0.6) is 0 Å². The standard InChI is InChI=1S/C12H15BrClNO2/c13-11-3-10(14)2-1-9(11)4-15-5-12(6-16)7-17-8-12/h1-3,15-16H,4-8H2. The first kappa shape index (κ1) is 13.3. The highest BCUT2D eigenvalue weighted by Gasteiger charge is 2.37. The van der Waals surface area contributed by atoms with E-state index in [-0.39, 0.29) is 12.0 Å². The lowest BCUT2D eigenvalue weighted by molar-refractivity contribution is -0.134. The molecular weight excluding hydrogens is 305 g/mol. The second kappa shape index (κ2) is 5.67. The molecule has 0 atom stereocenters. The van der Waals surface area contributed by atoms with Crippen molar-refractivity contribution < 1.29 is 9.84 Å². The summed E-state index contributed by atoms with van der Waals surface area (Å²) in [6.45, 7) is 2.95. The molecule has 17 heavy (non-hydrogen) atoms. The Labute approximate surface area is 114 Å². The van der Waals surface area contributed by atoms with Crippen molar-refractivity contribution in [2.45, 2.75) is 6.54 Å². The lowest BCUT2D eigenvalue weighted by atomic mass is 9.87. The predicted octanol–water partition coefficient (Wildman–Crippen LogP) is 2.20. The van der Waals surface area contributed by atoms with Gasteiger partial charge in [-0.15, -0.1) is 0 Å². The van der Waals surface area contributed by atoms with Crippen LogP contribution in [0.25, 0.3) is 0 Å². The average Bonchev–Trinajstić information content (AvgIpc) is 2.25. The van der Waals surface area contributed by atoms with Gasteiger partial charge in [-0.05, 0) is 17.7 Å². The largest absolute Gasteiger partial charge is 0.396 e. The van der Waals surface area contributed by atoms with E-state index >= 15 is 0 Å². The Morgan fingerprint density at radius 1 is 1.47 bits per heavy atom. The summed E-state index contributed by atoms with van der Waals surface area (Å²) in [4.78, 5) is 0. The molecular formula is C12H15BrClNO2. The Balaban J connectivity index is 1.85. The minimum Gasteiger partial charge on any atom is -0.396 e. The van der Waals surface area contributed by atoms with Gasteiger partial charge in [-0.3, -0.25) is 0 Å². The molecule has 0 aromatic heterocycles. The third-order valence-corrected chi connectivity index (χ3v) is 3.96. The van der Waals surface area contributed by atoms with Gasteiger partial charge in [-0.2, -0.15) is 0 Å². The lowest BCUT2D eigenvalue weighted by Crippen LogP contribution is -2.52. The highest BCUT2D eigenvalue weighted by atomic mass is 79.9. The summed E-state index contributed by atoms with van der Waals surface area (Å²) in [6.07, 6.45) is 0. The van der Waals surface area contributed by atoms with Gasteiger partial charge in [-0.25, -0.2) is 0 Å². The number of halogens is 2. The Hall–Kier alpha value is -0.130. The van der Waals surface area contributed by atoms with Crippen molar-refractivity contribution in [2.24, 2.45) is 5.41 Å². The van der Waals surface area contributed by atoms with Gasteiger partial charge in [0.2, 0.25) is 0 Å². The van der Waals surface area contributed by atoms with Crippen LogP contribution in [-0.4, -0.2) is 31.5 Å². The molecule has 1 heterocycles. The number of aliphatic hydroxyl groups is 1. The van der Waals surface area contributed by atoms with E-state index in [0.717, 1.165) is 28.1 Å². The van der Waals surface area contributed by atoms with Gasteiger partial charge in [0.15, 0.2) is 0 Å². The third-order valence-electron chi connectivity index (χ3n) is 2.98. The van der Waals surface area contributed by atoms with Crippen LogP contribution in [0.2, 0.25) is 5.02 Å². The molecule has 0 spiro atoms. The molecule has 2 N–H and O–H groups in total. The van der Waals surface area contributed by atoms with E-state index in [9.17, 15) is 5.11 Å². The maximum absolute atomic E-state index is 9.28. The number of rotatable bonds is 5. The van der Waals surface area contributed by atoms with E-state index in [1.54, 1.807) is 0 Å². The van der Waals surface area contributed by atoms with Crippen LogP contribution >= 0.6 is 27.5 Å². The number of aliphatic hydroxyl groups excluding tert-OH is 1. The van der Waals surface area contributed by atoms with Crippen LogP contribution in [0.4, 0.5) is 0 Å². The fourth-order valence-corrected chi connectivity index (χ4v) is 2.59. The molecule has 5 heteroatoms. The van der Waals surface area contributed by atoms with Gasteiger partial charge < -0.3 is 15.2 Å². The topological polar surface area (TPSA) is 41.5 Å². The van der Waals surface area contributed by atoms with Crippen molar-refractivity contribution in [3.63, 3.8) is 0 Å². The van der Waals surface area contributed by atoms with Gasteiger partial charge in [0.05, 0.1) is 25.2 Å². The van der Waals surface area contributed by atoms with Crippen LogP contribution in [-0.2, 0) is 11.3 Å². The van der Waals surface area contributed by atoms with Crippen molar-refractivity contribution in [1.82, 2.24) is 5.32 Å². The van der Waals surface area contributed by atoms with Crippen LogP contribution < -0.4 is 5.32 Å². The van der Waals surface area contributed by atoms with E-state index < -0.39 is 0 Å². The smallest absolute Gasteiger partial charge is 0.0579 e. The zero-order valence-electron chi connectivity index (χ0n) is 9.38. The van der Waals surface area contributed by atoms with E-state index in [0.29, 0.717) is 13.2 Å². The molecule has 1 aromatic rings. The van der Waals surface area contributed by atoms with Crippen molar-refractivity contribution in [3.05, 3.63) is 33.3 Å². The third kappa shape index (κ3) is 3.20. The van der Waals surface area contributed by atoms with Gasteiger partial charge >= 0.3 is 0 Å². The minimum absolute atomic E-state index is 0.0844. The molecule has 94 valence electrons. The maximum atomic E-state index is 9.28. The highest BCUT2D eigenvalue weighted by molar-refractivity contribution is 9.10. The molecule has 1 aliphatic rings. The summed E-state index contributed by atoms with van der Waals surface area (Å²) in [7, 11) is 0. The fraction of sp³-hybridized carbons (Fsp3) is 0.500. The molecule has 1 aliphatic heterocycles. The molecule has 0 radical (unpaired) electrons. The van der Waals surface area contributed by atoms with Crippen molar-refractivity contribution >= 4 is 27.5 Å². The second-order valence-electron chi connectivity index (χ2n) is 4.49. The molecule has 1 saturated heterocycles.